The zero-order valence-electron chi connectivity index (χ0n) is 20.5. The number of hydrogen-bond acceptors (Lipinski definition) is 6. The van der Waals surface area contributed by atoms with Crippen molar-refractivity contribution in [3.8, 4) is 5.75 Å². The number of aliphatic carboxylic acids is 1. The Balaban J connectivity index is 1.66. The predicted octanol–water partition coefficient (Wildman–Crippen LogP) is 3.21. The number of aliphatic imine (C=N–C) groups is 1. The van der Waals surface area contributed by atoms with Crippen molar-refractivity contribution < 1.29 is 34.1 Å². The highest BCUT2D eigenvalue weighted by atomic mass is 35.5. The Hall–Kier alpha value is -4.90. The molecule has 0 aliphatic rings. The van der Waals surface area contributed by atoms with Gasteiger partial charge in [0, 0.05) is 18.0 Å². The molecule has 0 fully saturated rings. The third-order valence-electron chi connectivity index (χ3n) is 5.44. The van der Waals surface area contributed by atoms with E-state index in [0.717, 1.165) is 4.90 Å². The smallest absolute Gasteiger partial charge is 0.343 e. The number of benzene rings is 3. The summed E-state index contributed by atoms with van der Waals surface area (Å²) in [4.78, 5) is 52.9. The zero-order chi connectivity index (χ0) is 28.5. The molecule has 3 aromatic carbocycles. The average molecular weight is 553 g/mol. The van der Waals surface area contributed by atoms with Gasteiger partial charge in [0.05, 0.1) is 16.8 Å². The quantitative estimate of drug-likeness (QED) is 0.120. The minimum Gasteiger partial charge on any atom is -0.480 e. The van der Waals surface area contributed by atoms with Crippen LogP contribution in [0.3, 0.4) is 0 Å². The molecular weight excluding hydrogens is 528 g/mol. The van der Waals surface area contributed by atoms with E-state index < -0.39 is 30.4 Å². The van der Waals surface area contributed by atoms with Gasteiger partial charge in [-0.3, -0.25) is 9.59 Å². The summed E-state index contributed by atoms with van der Waals surface area (Å²) in [5.41, 5.74) is 12.5. The molecular formula is C27H25ClN4O7. The number of aryl methyl sites for hydroxylation is 1. The van der Waals surface area contributed by atoms with Crippen molar-refractivity contribution in [2.24, 2.45) is 16.5 Å². The molecule has 0 heterocycles. The van der Waals surface area contributed by atoms with Crippen molar-refractivity contribution in [1.82, 2.24) is 4.90 Å². The first kappa shape index (κ1) is 28.7. The van der Waals surface area contributed by atoms with E-state index in [0.29, 0.717) is 16.8 Å². The third kappa shape index (κ3) is 8.58. The molecule has 0 spiro atoms. The average Bonchev–Trinajstić information content (AvgIpc) is 2.88. The van der Waals surface area contributed by atoms with Crippen molar-refractivity contribution >= 4 is 47.1 Å². The maximum Gasteiger partial charge on any atom is 0.343 e. The number of ether oxygens (including phenoxy) is 1. The van der Waals surface area contributed by atoms with Gasteiger partial charge in [0.2, 0.25) is 5.91 Å². The van der Waals surface area contributed by atoms with E-state index in [1.54, 1.807) is 24.3 Å². The Bertz CT molecular complexity index is 1420. The van der Waals surface area contributed by atoms with E-state index in [9.17, 15) is 24.3 Å². The second kappa shape index (κ2) is 13.1. The molecule has 0 bridgehead atoms. The number of aromatic carboxylic acids is 1. The zero-order valence-corrected chi connectivity index (χ0v) is 21.3. The highest BCUT2D eigenvalue weighted by Crippen LogP contribution is 2.25. The number of guanidine groups is 1. The normalized spacial score (nSPS) is 10.4. The minimum absolute atomic E-state index is 0.0361. The molecule has 3 rings (SSSR count). The topological polar surface area (TPSA) is 186 Å². The monoisotopic (exact) mass is 552 g/mol. The predicted molar refractivity (Wildman–Crippen MR) is 143 cm³/mol. The van der Waals surface area contributed by atoms with Crippen LogP contribution >= 0.6 is 11.6 Å². The summed E-state index contributed by atoms with van der Waals surface area (Å²) in [6, 6.07) is 16.7. The number of amides is 1. The second-order valence-corrected chi connectivity index (χ2v) is 8.78. The van der Waals surface area contributed by atoms with Crippen LogP contribution in [0.25, 0.3) is 0 Å². The largest absolute Gasteiger partial charge is 0.480 e. The highest BCUT2D eigenvalue weighted by Gasteiger charge is 2.19. The van der Waals surface area contributed by atoms with E-state index in [1.165, 1.54) is 42.5 Å². The summed E-state index contributed by atoms with van der Waals surface area (Å²) in [6.07, 6.45) is 0.192. The van der Waals surface area contributed by atoms with Gasteiger partial charge in [0.15, 0.2) is 5.96 Å². The lowest BCUT2D eigenvalue weighted by molar-refractivity contribution is -0.144. The van der Waals surface area contributed by atoms with E-state index in [-0.39, 0.29) is 47.2 Å². The Morgan fingerprint density at radius 3 is 2.26 bits per heavy atom. The molecule has 12 heteroatoms. The number of carboxylic acid groups (broad SMARTS) is 2. The number of rotatable bonds is 11. The summed E-state index contributed by atoms with van der Waals surface area (Å²) in [5.74, 6) is -3.35. The highest BCUT2D eigenvalue weighted by molar-refractivity contribution is 6.31. The van der Waals surface area contributed by atoms with Crippen LogP contribution in [-0.2, 0) is 22.6 Å². The van der Waals surface area contributed by atoms with Crippen LogP contribution in [-0.4, -0.2) is 51.4 Å². The molecule has 0 aliphatic heterocycles. The maximum absolute atomic E-state index is 12.9. The summed E-state index contributed by atoms with van der Waals surface area (Å²) in [7, 11) is 0. The molecule has 1 amide bonds. The molecule has 0 saturated carbocycles. The molecule has 0 radical (unpaired) electrons. The number of nitrogens with two attached hydrogens (primary N) is 2. The molecule has 0 atom stereocenters. The molecule has 6 N–H and O–H groups in total. The van der Waals surface area contributed by atoms with E-state index in [4.69, 9.17) is 32.9 Å². The molecule has 11 nitrogen and oxygen atoms in total. The van der Waals surface area contributed by atoms with Crippen LogP contribution in [0.2, 0.25) is 5.02 Å². The van der Waals surface area contributed by atoms with Crippen molar-refractivity contribution in [3.63, 3.8) is 0 Å². The van der Waals surface area contributed by atoms with Crippen molar-refractivity contribution in [3.05, 3.63) is 94.0 Å². The van der Waals surface area contributed by atoms with Crippen LogP contribution in [0, 0.1) is 0 Å². The number of carboxylic acids is 2. The third-order valence-corrected chi connectivity index (χ3v) is 5.79. The maximum atomic E-state index is 12.9. The van der Waals surface area contributed by atoms with E-state index >= 15 is 0 Å². The van der Waals surface area contributed by atoms with Gasteiger partial charge in [0.1, 0.15) is 12.3 Å². The van der Waals surface area contributed by atoms with Crippen LogP contribution in [0.15, 0.2) is 71.7 Å². The molecule has 3 aromatic rings. The molecule has 0 saturated heterocycles. The van der Waals surface area contributed by atoms with Gasteiger partial charge < -0.3 is 31.3 Å². The summed E-state index contributed by atoms with van der Waals surface area (Å²) in [5, 5.41) is 18.6. The van der Waals surface area contributed by atoms with E-state index in [2.05, 4.69) is 4.99 Å². The molecule has 202 valence electrons. The molecule has 39 heavy (non-hydrogen) atoms. The van der Waals surface area contributed by atoms with Crippen molar-refractivity contribution in [2.45, 2.75) is 19.4 Å². The minimum atomic E-state index is -1.20. The Labute approximate surface area is 228 Å². The number of esters is 1. The Kier molecular flexibility index (Phi) is 9.60. The van der Waals surface area contributed by atoms with E-state index in [1.807, 2.05) is 0 Å². The number of hydrogen-bond donors (Lipinski definition) is 4. The lowest BCUT2D eigenvalue weighted by Crippen LogP contribution is -2.35. The fourth-order valence-electron chi connectivity index (χ4n) is 3.58. The van der Waals surface area contributed by atoms with Crippen LogP contribution in [0.5, 0.6) is 5.75 Å². The first-order valence-corrected chi connectivity index (χ1v) is 11.9. The summed E-state index contributed by atoms with van der Waals surface area (Å²) < 4.78 is 5.36. The standard InChI is InChI=1S/C27H25ClN4O7/c28-22-13-21(39-26(38)17-5-8-20(9-6-17)31-27(29)30)10-7-19(22)14-32(15-24(34)35)23(33)11-4-16-2-1-3-18(12-16)25(36)37/h1-3,5-10,12-13H,4,11,14-15H2,(H,34,35)(H,36,37)(H4,29,30,31). The molecule has 0 aromatic heterocycles. The number of carbonyl (C=O) groups excluding carboxylic acids is 2. The number of halogens is 1. The fourth-order valence-corrected chi connectivity index (χ4v) is 3.81. The van der Waals surface area contributed by atoms with Gasteiger partial charge in [-0.05, 0) is 66.1 Å². The van der Waals surface area contributed by atoms with Gasteiger partial charge in [-0.2, -0.15) is 0 Å². The first-order chi connectivity index (χ1) is 18.5. The van der Waals surface area contributed by atoms with Gasteiger partial charge in [0.25, 0.3) is 0 Å². The first-order valence-electron chi connectivity index (χ1n) is 11.5. The lowest BCUT2D eigenvalue weighted by atomic mass is 10.1. The number of carbonyl (C=O) groups is 4. The Morgan fingerprint density at radius 1 is 0.923 bits per heavy atom. The molecule has 0 aliphatic carbocycles. The SMILES string of the molecule is NC(N)=Nc1ccc(C(=O)Oc2ccc(CN(CC(=O)O)C(=O)CCc3cccc(C(=O)O)c3)c(Cl)c2)cc1. The van der Waals surface area contributed by atoms with Crippen LogP contribution in [0.1, 0.15) is 38.3 Å². The van der Waals surface area contributed by atoms with Gasteiger partial charge >= 0.3 is 17.9 Å². The van der Waals surface area contributed by atoms with Crippen molar-refractivity contribution in [1.29, 1.82) is 0 Å². The second-order valence-electron chi connectivity index (χ2n) is 8.38. The summed E-state index contributed by atoms with van der Waals surface area (Å²) >= 11 is 6.36. The fraction of sp³-hybridized carbons (Fsp3) is 0.148. The lowest BCUT2D eigenvalue weighted by Gasteiger charge is -2.22. The number of nitrogens with zero attached hydrogens (tertiary/aromatic N) is 2. The Morgan fingerprint density at radius 2 is 1.64 bits per heavy atom. The van der Waals surface area contributed by atoms with Crippen molar-refractivity contribution in [2.75, 3.05) is 6.54 Å². The van der Waals surface area contributed by atoms with Gasteiger partial charge in [-0.15, -0.1) is 0 Å². The van der Waals surface area contributed by atoms with Crippen LogP contribution < -0.4 is 16.2 Å². The van der Waals surface area contributed by atoms with Gasteiger partial charge in [-0.1, -0.05) is 29.8 Å². The summed E-state index contributed by atoms with van der Waals surface area (Å²) in [6.45, 7) is -0.656. The van der Waals surface area contributed by atoms with Gasteiger partial charge in [-0.25, -0.2) is 14.6 Å². The molecule has 0 unspecified atom stereocenters. The van der Waals surface area contributed by atoms with Crippen LogP contribution in [0.4, 0.5) is 5.69 Å².